The standard InChI is InChI=1S/C24H31N3O/c1-18-10-11-23(25-15-18)20-6-5-7-21(14-20)24(28)26-16-19-12-13-27(17-19)22-8-3-2-4-9-22/h5-7,10-11,14-15,19,22H,2-4,8-9,12-13,16-17H2,1H3,(H,26,28)/t19-/m1/s1. The van der Waals surface area contributed by atoms with Crippen LogP contribution in [-0.2, 0) is 0 Å². The van der Waals surface area contributed by atoms with Crippen molar-refractivity contribution in [3.8, 4) is 11.3 Å². The largest absolute Gasteiger partial charge is 0.352 e. The summed E-state index contributed by atoms with van der Waals surface area (Å²) in [6.07, 6.45) is 9.95. The molecule has 2 heterocycles. The van der Waals surface area contributed by atoms with Gasteiger partial charge >= 0.3 is 0 Å². The molecule has 1 saturated heterocycles. The number of aryl methyl sites for hydroxylation is 1. The van der Waals surface area contributed by atoms with Gasteiger partial charge < -0.3 is 10.2 Å². The Labute approximate surface area is 168 Å². The van der Waals surface area contributed by atoms with Gasteiger partial charge in [0.25, 0.3) is 5.91 Å². The summed E-state index contributed by atoms with van der Waals surface area (Å²) in [7, 11) is 0. The van der Waals surface area contributed by atoms with Gasteiger partial charge in [0.15, 0.2) is 0 Å². The van der Waals surface area contributed by atoms with Crippen LogP contribution in [0, 0.1) is 12.8 Å². The van der Waals surface area contributed by atoms with Crippen molar-refractivity contribution in [1.29, 1.82) is 0 Å². The molecule has 28 heavy (non-hydrogen) atoms. The number of nitrogens with zero attached hydrogens (tertiary/aromatic N) is 2. The summed E-state index contributed by atoms with van der Waals surface area (Å²) in [5.74, 6) is 0.595. The van der Waals surface area contributed by atoms with E-state index in [4.69, 9.17) is 0 Å². The Kier molecular flexibility index (Phi) is 6.06. The molecule has 0 unspecified atom stereocenters. The van der Waals surface area contributed by atoms with Crippen LogP contribution in [0.2, 0.25) is 0 Å². The van der Waals surface area contributed by atoms with Gasteiger partial charge in [-0.2, -0.15) is 0 Å². The van der Waals surface area contributed by atoms with Crippen molar-refractivity contribution in [1.82, 2.24) is 15.2 Å². The number of hydrogen-bond acceptors (Lipinski definition) is 3. The Hall–Kier alpha value is -2.20. The molecule has 1 atom stereocenters. The van der Waals surface area contributed by atoms with Crippen LogP contribution < -0.4 is 5.32 Å². The highest BCUT2D eigenvalue weighted by Gasteiger charge is 2.29. The van der Waals surface area contributed by atoms with Gasteiger partial charge in [0.2, 0.25) is 0 Å². The van der Waals surface area contributed by atoms with Crippen LogP contribution in [0.25, 0.3) is 11.3 Å². The molecule has 148 valence electrons. The SMILES string of the molecule is Cc1ccc(-c2cccc(C(=O)NC[C@H]3CCN(C4CCCCC4)C3)c2)nc1. The van der Waals surface area contributed by atoms with Crippen LogP contribution in [0.15, 0.2) is 42.6 Å². The number of carbonyl (C=O) groups excluding carboxylic acids is 1. The van der Waals surface area contributed by atoms with Crippen LogP contribution in [0.3, 0.4) is 0 Å². The summed E-state index contributed by atoms with van der Waals surface area (Å²) in [5, 5.41) is 3.17. The second kappa shape index (κ2) is 8.87. The van der Waals surface area contributed by atoms with Gasteiger partial charge in [0, 0.05) is 36.5 Å². The maximum atomic E-state index is 12.7. The van der Waals surface area contributed by atoms with E-state index in [9.17, 15) is 4.79 Å². The summed E-state index contributed by atoms with van der Waals surface area (Å²) in [5.41, 5.74) is 3.73. The molecule has 1 aliphatic carbocycles. The molecule has 1 saturated carbocycles. The number of pyridine rings is 1. The zero-order chi connectivity index (χ0) is 19.3. The molecule has 1 amide bonds. The van der Waals surface area contributed by atoms with Crippen molar-refractivity contribution in [3.63, 3.8) is 0 Å². The molecule has 0 bridgehead atoms. The molecule has 1 aliphatic heterocycles. The molecule has 4 rings (SSSR count). The van der Waals surface area contributed by atoms with E-state index >= 15 is 0 Å². The topological polar surface area (TPSA) is 45.2 Å². The predicted octanol–water partition coefficient (Wildman–Crippen LogP) is 4.44. The van der Waals surface area contributed by atoms with E-state index < -0.39 is 0 Å². The lowest BCUT2D eigenvalue weighted by Gasteiger charge is -2.31. The molecule has 1 aromatic heterocycles. The average Bonchev–Trinajstić information content (AvgIpc) is 3.22. The fourth-order valence-corrected chi connectivity index (χ4v) is 4.60. The minimum atomic E-state index is 0.0186. The summed E-state index contributed by atoms with van der Waals surface area (Å²) in [6, 6.07) is 12.6. The van der Waals surface area contributed by atoms with E-state index in [-0.39, 0.29) is 5.91 Å². The number of likely N-dealkylation sites (tertiary alicyclic amines) is 1. The monoisotopic (exact) mass is 377 g/mol. The van der Waals surface area contributed by atoms with Gasteiger partial charge in [-0.15, -0.1) is 0 Å². The molecule has 0 radical (unpaired) electrons. The zero-order valence-corrected chi connectivity index (χ0v) is 16.9. The third-order valence-corrected chi connectivity index (χ3v) is 6.29. The zero-order valence-electron chi connectivity index (χ0n) is 16.9. The maximum absolute atomic E-state index is 12.7. The minimum Gasteiger partial charge on any atom is -0.352 e. The molecule has 4 heteroatoms. The summed E-state index contributed by atoms with van der Waals surface area (Å²) >= 11 is 0. The second-order valence-corrected chi connectivity index (χ2v) is 8.45. The van der Waals surface area contributed by atoms with Gasteiger partial charge in [-0.3, -0.25) is 9.78 Å². The van der Waals surface area contributed by atoms with Crippen molar-refractivity contribution >= 4 is 5.91 Å². The smallest absolute Gasteiger partial charge is 0.251 e. The van der Waals surface area contributed by atoms with Gasteiger partial charge in [0.05, 0.1) is 5.69 Å². The molecule has 2 fully saturated rings. The van der Waals surface area contributed by atoms with Crippen molar-refractivity contribution in [2.45, 2.75) is 51.5 Å². The van der Waals surface area contributed by atoms with Crippen LogP contribution in [0.4, 0.5) is 0 Å². The quantitative estimate of drug-likeness (QED) is 0.838. The van der Waals surface area contributed by atoms with E-state index in [2.05, 4.69) is 15.2 Å². The minimum absolute atomic E-state index is 0.0186. The van der Waals surface area contributed by atoms with E-state index in [1.165, 1.54) is 45.1 Å². The highest BCUT2D eigenvalue weighted by Crippen LogP contribution is 2.27. The van der Waals surface area contributed by atoms with E-state index in [1.807, 2.05) is 49.5 Å². The van der Waals surface area contributed by atoms with Gasteiger partial charge in [-0.1, -0.05) is 37.5 Å². The van der Waals surface area contributed by atoms with Crippen molar-refractivity contribution in [2.24, 2.45) is 5.92 Å². The van der Waals surface area contributed by atoms with Crippen LogP contribution in [-0.4, -0.2) is 41.5 Å². The first kappa shape index (κ1) is 19.1. The summed E-state index contributed by atoms with van der Waals surface area (Å²) in [4.78, 5) is 19.8. The van der Waals surface area contributed by atoms with Crippen LogP contribution >= 0.6 is 0 Å². The number of amides is 1. The van der Waals surface area contributed by atoms with Crippen molar-refractivity contribution in [3.05, 3.63) is 53.7 Å². The Morgan fingerprint density at radius 1 is 1.14 bits per heavy atom. The second-order valence-electron chi connectivity index (χ2n) is 8.45. The fraction of sp³-hybridized carbons (Fsp3) is 0.500. The van der Waals surface area contributed by atoms with E-state index in [0.717, 1.165) is 36.0 Å². The Morgan fingerprint density at radius 2 is 2.00 bits per heavy atom. The number of hydrogen-bond donors (Lipinski definition) is 1. The first-order valence-electron chi connectivity index (χ1n) is 10.7. The van der Waals surface area contributed by atoms with Crippen molar-refractivity contribution in [2.75, 3.05) is 19.6 Å². The number of aromatic nitrogens is 1. The highest BCUT2D eigenvalue weighted by molar-refractivity contribution is 5.95. The Bertz CT molecular complexity index is 796. The van der Waals surface area contributed by atoms with Gasteiger partial charge in [-0.25, -0.2) is 0 Å². The molecule has 4 nitrogen and oxygen atoms in total. The average molecular weight is 378 g/mol. The molecule has 2 aliphatic rings. The summed E-state index contributed by atoms with van der Waals surface area (Å²) < 4.78 is 0. The number of nitrogens with one attached hydrogen (secondary N) is 1. The van der Waals surface area contributed by atoms with E-state index in [1.54, 1.807) is 0 Å². The molecule has 2 aromatic rings. The Balaban J connectivity index is 1.32. The molecule has 1 N–H and O–H groups in total. The lowest BCUT2D eigenvalue weighted by Crippen LogP contribution is -2.36. The first-order chi connectivity index (χ1) is 13.7. The number of benzene rings is 1. The molecular formula is C24H31N3O. The first-order valence-corrected chi connectivity index (χ1v) is 10.7. The van der Waals surface area contributed by atoms with Gasteiger partial charge in [0.1, 0.15) is 0 Å². The van der Waals surface area contributed by atoms with Crippen LogP contribution in [0.5, 0.6) is 0 Å². The predicted molar refractivity (Wildman–Crippen MR) is 113 cm³/mol. The molecular weight excluding hydrogens is 346 g/mol. The van der Waals surface area contributed by atoms with Gasteiger partial charge in [-0.05, 0) is 62.4 Å². The third kappa shape index (κ3) is 4.61. The molecule has 1 aromatic carbocycles. The van der Waals surface area contributed by atoms with Crippen molar-refractivity contribution < 1.29 is 4.79 Å². The summed E-state index contributed by atoms with van der Waals surface area (Å²) in [6.45, 7) is 5.13. The molecule has 0 spiro atoms. The lowest BCUT2D eigenvalue weighted by molar-refractivity contribution is 0.0946. The van der Waals surface area contributed by atoms with Crippen LogP contribution in [0.1, 0.15) is 54.4 Å². The highest BCUT2D eigenvalue weighted by atomic mass is 16.1. The maximum Gasteiger partial charge on any atom is 0.251 e. The number of rotatable bonds is 5. The third-order valence-electron chi connectivity index (χ3n) is 6.29. The number of carbonyl (C=O) groups is 1. The lowest BCUT2D eigenvalue weighted by atomic mass is 9.94. The fourth-order valence-electron chi connectivity index (χ4n) is 4.60. The Morgan fingerprint density at radius 3 is 2.79 bits per heavy atom. The van der Waals surface area contributed by atoms with E-state index in [0.29, 0.717) is 11.5 Å². The normalized spacial score (nSPS) is 21.0.